The quantitative estimate of drug-likeness (QED) is 0.341. The number of hydrogen-bond donors (Lipinski definition) is 3. The fourth-order valence-electron chi connectivity index (χ4n) is 2.24. The number of methoxy groups -OCH3 is 1. The zero-order valence-electron chi connectivity index (χ0n) is 14.4. The Labute approximate surface area is 153 Å². The number of rotatable bonds is 10. The van der Waals surface area contributed by atoms with Crippen molar-refractivity contribution >= 4 is 17.6 Å². The average Bonchev–Trinajstić information content (AvgIpc) is 2.65. The molecule has 25 heavy (non-hydrogen) atoms. The third kappa shape index (κ3) is 6.70. The van der Waals surface area contributed by atoms with Crippen molar-refractivity contribution in [3.63, 3.8) is 0 Å². The summed E-state index contributed by atoms with van der Waals surface area (Å²) in [4.78, 5) is 1.13. The highest BCUT2D eigenvalue weighted by molar-refractivity contribution is 7.97. The van der Waals surface area contributed by atoms with Gasteiger partial charge in [0.1, 0.15) is 5.75 Å². The van der Waals surface area contributed by atoms with E-state index in [1.165, 1.54) is 5.56 Å². The molecular weight excluding hydrogens is 334 g/mol. The van der Waals surface area contributed by atoms with Crippen molar-refractivity contribution in [3.05, 3.63) is 66.4 Å². The van der Waals surface area contributed by atoms with E-state index in [-0.39, 0.29) is 0 Å². The van der Waals surface area contributed by atoms with Crippen molar-refractivity contribution in [2.24, 2.45) is 0 Å². The van der Waals surface area contributed by atoms with Crippen LogP contribution in [0.25, 0.3) is 0 Å². The Morgan fingerprint density at radius 1 is 1.16 bits per heavy atom. The molecule has 2 aromatic carbocycles. The molecule has 0 fully saturated rings. The van der Waals surface area contributed by atoms with Crippen molar-refractivity contribution in [2.75, 3.05) is 25.9 Å². The Bertz CT molecular complexity index is 659. The van der Waals surface area contributed by atoms with Crippen molar-refractivity contribution in [2.45, 2.75) is 17.7 Å². The van der Waals surface area contributed by atoms with Gasteiger partial charge in [0.15, 0.2) is 0 Å². The van der Waals surface area contributed by atoms with E-state index in [9.17, 15) is 0 Å². The monoisotopic (exact) mass is 359 g/mol. The number of anilines is 1. The summed E-state index contributed by atoms with van der Waals surface area (Å²) in [7, 11) is 1.67. The molecule has 0 saturated heterocycles. The van der Waals surface area contributed by atoms with Gasteiger partial charge in [-0.1, -0.05) is 18.7 Å². The molecule has 0 saturated carbocycles. The Kier molecular flexibility index (Phi) is 7.66. The molecule has 0 amide bonds. The number of nitrogens with zero attached hydrogens (tertiary/aromatic N) is 1. The minimum Gasteiger partial charge on any atom is -0.497 e. The first kappa shape index (κ1) is 19.2. The van der Waals surface area contributed by atoms with E-state index in [4.69, 9.17) is 15.7 Å². The highest BCUT2D eigenvalue weighted by Gasteiger charge is 2.09. The number of hydrogen-bond acceptors (Lipinski definition) is 6. The van der Waals surface area contributed by atoms with Crippen LogP contribution < -0.4 is 16.0 Å². The molecule has 0 aliphatic carbocycles. The number of benzene rings is 2. The Morgan fingerprint density at radius 2 is 1.84 bits per heavy atom. The predicted molar refractivity (Wildman–Crippen MR) is 104 cm³/mol. The van der Waals surface area contributed by atoms with Crippen LogP contribution in [0, 0.1) is 0 Å². The van der Waals surface area contributed by atoms with Gasteiger partial charge in [-0.25, -0.2) is 4.31 Å². The molecular formula is C19H25N3O2S. The summed E-state index contributed by atoms with van der Waals surface area (Å²) < 4.78 is 7.46. The van der Waals surface area contributed by atoms with Gasteiger partial charge in [-0.05, 0) is 60.3 Å². The Morgan fingerprint density at radius 3 is 2.44 bits per heavy atom. The lowest BCUT2D eigenvalue weighted by Gasteiger charge is -2.21. The van der Waals surface area contributed by atoms with Crippen LogP contribution in [-0.2, 0) is 6.42 Å². The number of hydroxylamine groups is 1. The fourth-order valence-corrected chi connectivity index (χ4v) is 3.16. The maximum Gasteiger partial charge on any atom is 0.118 e. The van der Waals surface area contributed by atoms with Crippen LogP contribution in [0.2, 0.25) is 0 Å². The molecule has 0 aliphatic rings. The summed E-state index contributed by atoms with van der Waals surface area (Å²) in [5, 5.41) is 8.92. The highest BCUT2D eigenvalue weighted by atomic mass is 32.2. The van der Waals surface area contributed by atoms with Crippen molar-refractivity contribution in [1.82, 2.24) is 9.79 Å². The van der Waals surface area contributed by atoms with Gasteiger partial charge in [0, 0.05) is 35.8 Å². The van der Waals surface area contributed by atoms with Gasteiger partial charge in [-0.3, -0.25) is 10.7 Å². The first-order chi connectivity index (χ1) is 12.1. The van der Waals surface area contributed by atoms with Crippen LogP contribution in [0.1, 0.15) is 12.0 Å². The van der Waals surface area contributed by atoms with Crippen LogP contribution in [0.15, 0.2) is 65.7 Å². The summed E-state index contributed by atoms with van der Waals surface area (Å²) in [5.41, 5.74) is 10.5. The first-order valence-electron chi connectivity index (χ1n) is 8.10. The molecule has 5 nitrogen and oxygen atoms in total. The molecule has 6 heteroatoms. The second kappa shape index (κ2) is 9.98. The van der Waals surface area contributed by atoms with E-state index in [1.54, 1.807) is 19.1 Å². The standard InChI is InChI=1S/C19H25N3O2S/c1-15(21-23)11-13-22(25-19-9-5-17(20)6-10-19)14-12-16-3-7-18(24-2)8-4-16/h3-10,21,23H,1,11-14,20H2,2H3. The van der Waals surface area contributed by atoms with Crippen LogP contribution >= 0.6 is 11.9 Å². The van der Waals surface area contributed by atoms with Gasteiger partial charge in [0.25, 0.3) is 0 Å². The zero-order valence-corrected chi connectivity index (χ0v) is 15.3. The SMILES string of the molecule is C=C(CCN(CCc1ccc(OC)cc1)Sc1ccc(N)cc1)NO. The molecule has 0 bridgehead atoms. The lowest BCUT2D eigenvalue weighted by molar-refractivity contribution is 0.195. The van der Waals surface area contributed by atoms with E-state index in [2.05, 4.69) is 28.5 Å². The Balaban J connectivity index is 1.96. The van der Waals surface area contributed by atoms with Gasteiger partial charge < -0.3 is 10.5 Å². The summed E-state index contributed by atoms with van der Waals surface area (Å²) in [6.07, 6.45) is 1.59. The smallest absolute Gasteiger partial charge is 0.118 e. The number of ether oxygens (including phenoxy) is 1. The lowest BCUT2D eigenvalue weighted by Crippen LogP contribution is -2.22. The third-order valence-corrected chi connectivity index (χ3v) is 4.85. The molecule has 2 aromatic rings. The van der Waals surface area contributed by atoms with E-state index in [0.717, 1.165) is 35.8 Å². The average molecular weight is 359 g/mol. The highest BCUT2D eigenvalue weighted by Crippen LogP contribution is 2.24. The summed E-state index contributed by atoms with van der Waals surface area (Å²) in [5.74, 6) is 0.863. The summed E-state index contributed by atoms with van der Waals surface area (Å²) in [6, 6.07) is 15.9. The van der Waals surface area contributed by atoms with Gasteiger partial charge >= 0.3 is 0 Å². The Hall–Kier alpha value is -2.15. The number of nitrogens with one attached hydrogen (secondary N) is 1. The zero-order chi connectivity index (χ0) is 18.1. The minimum absolute atomic E-state index is 0.604. The molecule has 0 spiro atoms. The first-order valence-corrected chi connectivity index (χ1v) is 8.87. The van der Waals surface area contributed by atoms with Gasteiger partial charge in [-0.2, -0.15) is 0 Å². The molecule has 0 aromatic heterocycles. The molecule has 0 unspecified atom stereocenters. The van der Waals surface area contributed by atoms with Crippen molar-refractivity contribution in [3.8, 4) is 5.75 Å². The number of nitrogen functional groups attached to an aromatic ring is 1. The van der Waals surface area contributed by atoms with E-state index >= 15 is 0 Å². The molecule has 134 valence electrons. The summed E-state index contributed by atoms with van der Waals surface area (Å²) in [6.45, 7) is 5.42. The van der Waals surface area contributed by atoms with Crippen LogP contribution in [0.4, 0.5) is 5.69 Å². The summed E-state index contributed by atoms with van der Waals surface area (Å²) >= 11 is 1.68. The molecule has 2 rings (SSSR count). The van der Waals surface area contributed by atoms with Gasteiger partial charge in [-0.15, -0.1) is 0 Å². The van der Waals surface area contributed by atoms with E-state index in [1.807, 2.05) is 36.4 Å². The molecule has 4 N–H and O–H groups in total. The van der Waals surface area contributed by atoms with Gasteiger partial charge in [0.2, 0.25) is 0 Å². The molecule has 0 atom stereocenters. The third-order valence-electron chi connectivity index (χ3n) is 3.74. The van der Waals surface area contributed by atoms with Gasteiger partial charge in [0.05, 0.1) is 7.11 Å². The maximum absolute atomic E-state index is 8.92. The van der Waals surface area contributed by atoms with Crippen LogP contribution in [0.3, 0.4) is 0 Å². The molecule has 0 radical (unpaired) electrons. The largest absolute Gasteiger partial charge is 0.497 e. The topological polar surface area (TPSA) is 70.8 Å². The van der Waals surface area contributed by atoms with Crippen molar-refractivity contribution in [1.29, 1.82) is 0 Å². The number of nitrogens with two attached hydrogens (primary N) is 1. The maximum atomic E-state index is 8.92. The molecule has 0 heterocycles. The lowest BCUT2D eigenvalue weighted by atomic mass is 10.1. The molecule has 0 aliphatic heterocycles. The van der Waals surface area contributed by atoms with Crippen molar-refractivity contribution < 1.29 is 9.94 Å². The van der Waals surface area contributed by atoms with E-state index in [0.29, 0.717) is 12.1 Å². The second-order valence-electron chi connectivity index (χ2n) is 5.65. The second-order valence-corrected chi connectivity index (χ2v) is 6.82. The van der Waals surface area contributed by atoms with E-state index < -0.39 is 0 Å². The van der Waals surface area contributed by atoms with Crippen LogP contribution in [0.5, 0.6) is 5.75 Å². The predicted octanol–water partition coefficient (Wildman–Crippen LogP) is 3.71. The minimum atomic E-state index is 0.604. The van der Waals surface area contributed by atoms with Crippen LogP contribution in [-0.4, -0.2) is 29.7 Å². The fraction of sp³-hybridized carbons (Fsp3) is 0.263. The normalized spacial score (nSPS) is 10.7.